The molecule has 0 amide bonds. The predicted octanol–water partition coefficient (Wildman–Crippen LogP) is 2.41. The Labute approximate surface area is 81.5 Å². The molecule has 0 radical (unpaired) electrons. The summed E-state index contributed by atoms with van der Waals surface area (Å²) in [7, 11) is 0. The lowest BCUT2D eigenvalue weighted by atomic mass is 9.97. The van der Waals surface area contributed by atoms with E-state index in [-0.39, 0.29) is 5.92 Å². The Morgan fingerprint density at radius 3 is 3.00 bits per heavy atom. The summed E-state index contributed by atoms with van der Waals surface area (Å²) in [5.41, 5.74) is 0. The minimum Gasteiger partial charge on any atom is -0.299 e. The van der Waals surface area contributed by atoms with E-state index in [4.69, 9.17) is 5.26 Å². The van der Waals surface area contributed by atoms with Crippen LogP contribution in [-0.4, -0.2) is 24.0 Å². The lowest BCUT2D eigenvalue weighted by Crippen LogP contribution is -2.40. The highest BCUT2D eigenvalue weighted by atomic mass is 15.2. The molecule has 13 heavy (non-hydrogen) atoms. The van der Waals surface area contributed by atoms with E-state index in [1.165, 1.54) is 25.8 Å². The van der Waals surface area contributed by atoms with Crippen LogP contribution in [0.1, 0.15) is 39.5 Å². The molecule has 2 atom stereocenters. The SMILES string of the molecule is CCCC(C)N1CCCC(C#N)C1. The third-order valence-corrected chi connectivity index (χ3v) is 2.97. The van der Waals surface area contributed by atoms with Crippen molar-refractivity contribution in [1.82, 2.24) is 4.90 Å². The molecule has 1 rings (SSSR count). The van der Waals surface area contributed by atoms with Crippen molar-refractivity contribution in [1.29, 1.82) is 5.26 Å². The Bertz CT molecular complexity index is 183. The lowest BCUT2D eigenvalue weighted by Gasteiger charge is -2.34. The second-order valence-electron chi connectivity index (χ2n) is 4.10. The van der Waals surface area contributed by atoms with Gasteiger partial charge in [0.05, 0.1) is 12.0 Å². The van der Waals surface area contributed by atoms with Crippen LogP contribution in [0.3, 0.4) is 0 Å². The summed E-state index contributed by atoms with van der Waals surface area (Å²) in [4.78, 5) is 2.47. The second kappa shape index (κ2) is 5.24. The van der Waals surface area contributed by atoms with Gasteiger partial charge in [0.2, 0.25) is 0 Å². The fourth-order valence-corrected chi connectivity index (χ4v) is 2.11. The Balaban J connectivity index is 2.37. The molecule has 0 aromatic heterocycles. The summed E-state index contributed by atoms with van der Waals surface area (Å²) in [6, 6.07) is 3.06. The van der Waals surface area contributed by atoms with E-state index in [0.717, 1.165) is 13.0 Å². The molecule has 74 valence electrons. The van der Waals surface area contributed by atoms with Gasteiger partial charge in [-0.3, -0.25) is 4.90 Å². The largest absolute Gasteiger partial charge is 0.299 e. The van der Waals surface area contributed by atoms with E-state index < -0.39 is 0 Å². The topological polar surface area (TPSA) is 27.0 Å². The zero-order valence-electron chi connectivity index (χ0n) is 8.79. The normalized spacial score (nSPS) is 26.7. The maximum absolute atomic E-state index is 8.84. The third-order valence-electron chi connectivity index (χ3n) is 2.97. The Morgan fingerprint density at radius 2 is 2.38 bits per heavy atom. The van der Waals surface area contributed by atoms with Crippen molar-refractivity contribution in [2.75, 3.05) is 13.1 Å². The van der Waals surface area contributed by atoms with Crippen molar-refractivity contribution < 1.29 is 0 Å². The Kier molecular flexibility index (Phi) is 4.24. The number of likely N-dealkylation sites (tertiary alicyclic amines) is 1. The quantitative estimate of drug-likeness (QED) is 0.667. The molecule has 2 unspecified atom stereocenters. The molecule has 2 nitrogen and oxygen atoms in total. The second-order valence-corrected chi connectivity index (χ2v) is 4.10. The number of rotatable bonds is 3. The molecule has 0 N–H and O–H groups in total. The van der Waals surface area contributed by atoms with Crippen molar-refractivity contribution in [3.8, 4) is 6.07 Å². The Morgan fingerprint density at radius 1 is 1.62 bits per heavy atom. The zero-order chi connectivity index (χ0) is 9.68. The molecule has 2 heteroatoms. The van der Waals surface area contributed by atoms with E-state index in [9.17, 15) is 0 Å². The van der Waals surface area contributed by atoms with Crippen LogP contribution in [0.25, 0.3) is 0 Å². The van der Waals surface area contributed by atoms with Crippen LogP contribution in [0.2, 0.25) is 0 Å². The van der Waals surface area contributed by atoms with Gasteiger partial charge in [0, 0.05) is 12.6 Å². The smallest absolute Gasteiger partial charge is 0.0669 e. The first-order chi connectivity index (χ1) is 6.27. The molecule has 0 bridgehead atoms. The van der Waals surface area contributed by atoms with Gasteiger partial charge in [0.25, 0.3) is 0 Å². The maximum Gasteiger partial charge on any atom is 0.0669 e. The van der Waals surface area contributed by atoms with Gasteiger partial charge in [-0.1, -0.05) is 13.3 Å². The van der Waals surface area contributed by atoms with E-state index in [1.54, 1.807) is 0 Å². The van der Waals surface area contributed by atoms with Crippen LogP contribution < -0.4 is 0 Å². The molecular formula is C11H20N2. The zero-order valence-corrected chi connectivity index (χ0v) is 8.79. The molecule has 0 saturated carbocycles. The van der Waals surface area contributed by atoms with Gasteiger partial charge in [0.15, 0.2) is 0 Å². The predicted molar refractivity (Wildman–Crippen MR) is 54.3 cm³/mol. The summed E-state index contributed by atoms with van der Waals surface area (Å²) in [6.07, 6.45) is 4.81. The van der Waals surface area contributed by atoms with Gasteiger partial charge in [-0.2, -0.15) is 5.26 Å². The van der Waals surface area contributed by atoms with E-state index in [1.807, 2.05) is 0 Å². The molecule has 1 fully saturated rings. The van der Waals surface area contributed by atoms with Crippen LogP contribution in [0.4, 0.5) is 0 Å². The van der Waals surface area contributed by atoms with Crippen molar-refractivity contribution in [3.05, 3.63) is 0 Å². The highest BCUT2D eigenvalue weighted by Gasteiger charge is 2.22. The minimum absolute atomic E-state index is 0.285. The molecule has 0 aliphatic carbocycles. The average molecular weight is 180 g/mol. The minimum atomic E-state index is 0.285. The van der Waals surface area contributed by atoms with Gasteiger partial charge in [-0.25, -0.2) is 0 Å². The third kappa shape index (κ3) is 3.00. The monoisotopic (exact) mass is 180 g/mol. The fourth-order valence-electron chi connectivity index (χ4n) is 2.11. The number of nitriles is 1. The van der Waals surface area contributed by atoms with Gasteiger partial charge in [-0.15, -0.1) is 0 Å². The summed E-state index contributed by atoms with van der Waals surface area (Å²) in [6.45, 7) is 6.70. The highest BCUT2D eigenvalue weighted by molar-refractivity contribution is 4.89. The van der Waals surface area contributed by atoms with E-state index in [0.29, 0.717) is 6.04 Å². The van der Waals surface area contributed by atoms with Gasteiger partial charge < -0.3 is 0 Å². The first-order valence-electron chi connectivity index (χ1n) is 5.41. The van der Waals surface area contributed by atoms with Crippen molar-refractivity contribution in [3.63, 3.8) is 0 Å². The summed E-state index contributed by atoms with van der Waals surface area (Å²) < 4.78 is 0. The lowest BCUT2D eigenvalue weighted by molar-refractivity contribution is 0.144. The first kappa shape index (κ1) is 10.5. The van der Waals surface area contributed by atoms with Crippen molar-refractivity contribution >= 4 is 0 Å². The van der Waals surface area contributed by atoms with Crippen molar-refractivity contribution in [2.45, 2.75) is 45.6 Å². The number of hydrogen-bond acceptors (Lipinski definition) is 2. The standard InChI is InChI=1S/C11H20N2/c1-3-5-10(2)13-7-4-6-11(8-12)9-13/h10-11H,3-7,9H2,1-2H3. The molecule has 1 aliphatic heterocycles. The summed E-state index contributed by atoms with van der Waals surface area (Å²) in [5, 5.41) is 8.84. The molecule has 0 aromatic carbocycles. The number of nitrogens with zero attached hydrogens (tertiary/aromatic N) is 2. The molecule has 1 heterocycles. The first-order valence-corrected chi connectivity index (χ1v) is 5.41. The highest BCUT2D eigenvalue weighted by Crippen LogP contribution is 2.19. The molecule has 1 aliphatic rings. The van der Waals surface area contributed by atoms with E-state index in [2.05, 4.69) is 24.8 Å². The van der Waals surface area contributed by atoms with Crippen LogP contribution >= 0.6 is 0 Å². The summed E-state index contributed by atoms with van der Waals surface area (Å²) in [5.74, 6) is 0.285. The van der Waals surface area contributed by atoms with Crippen molar-refractivity contribution in [2.24, 2.45) is 5.92 Å². The van der Waals surface area contributed by atoms with Crippen LogP contribution in [-0.2, 0) is 0 Å². The number of piperidine rings is 1. The fraction of sp³-hybridized carbons (Fsp3) is 0.909. The molecule has 0 aromatic rings. The maximum atomic E-state index is 8.84. The van der Waals surface area contributed by atoms with Gasteiger partial charge in [0.1, 0.15) is 0 Å². The van der Waals surface area contributed by atoms with E-state index >= 15 is 0 Å². The van der Waals surface area contributed by atoms with Crippen LogP contribution in [0, 0.1) is 17.2 Å². The Hall–Kier alpha value is -0.550. The van der Waals surface area contributed by atoms with Gasteiger partial charge in [-0.05, 0) is 32.7 Å². The molecule has 0 spiro atoms. The molecular weight excluding hydrogens is 160 g/mol. The number of hydrogen-bond donors (Lipinski definition) is 0. The average Bonchev–Trinajstić information content (AvgIpc) is 2.18. The summed E-state index contributed by atoms with van der Waals surface area (Å²) >= 11 is 0. The van der Waals surface area contributed by atoms with Crippen LogP contribution in [0.5, 0.6) is 0 Å². The van der Waals surface area contributed by atoms with Gasteiger partial charge >= 0.3 is 0 Å². The van der Waals surface area contributed by atoms with Crippen LogP contribution in [0.15, 0.2) is 0 Å². The molecule has 1 saturated heterocycles.